The van der Waals surface area contributed by atoms with Crippen LogP contribution >= 0.6 is 11.8 Å². The molecular formula is C12H12FN3S. The molecule has 17 heavy (non-hydrogen) atoms. The molecule has 0 saturated heterocycles. The SMILES string of the molecule is NCc1ccc(CSc2cnccn2)c(F)c1. The van der Waals surface area contributed by atoms with Gasteiger partial charge in [0, 0.05) is 24.7 Å². The molecule has 0 spiro atoms. The number of thioether (sulfide) groups is 1. The minimum Gasteiger partial charge on any atom is -0.326 e. The van der Waals surface area contributed by atoms with Gasteiger partial charge in [0.1, 0.15) is 10.8 Å². The second-order valence-corrected chi connectivity index (χ2v) is 4.46. The first-order chi connectivity index (χ1) is 8.29. The first-order valence-electron chi connectivity index (χ1n) is 5.16. The van der Waals surface area contributed by atoms with Crippen molar-refractivity contribution >= 4 is 11.8 Å². The summed E-state index contributed by atoms with van der Waals surface area (Å²) >= 11 is 1.46. The van der Waals surface area contributed by atoms with Crippen LogP contribution in [0.3, 0.4) is 0 Å². The minimum absolute atomic E-state index is 0.218. The second kappa shape index (κ2) is 5.75. The molecule has 1 aromatic heterocycles. The molecule has 0 saturated carbocycles. The average Bonchev–Trinajstić information content (AvgIpc) is 2.38. The van der Waals surface area contributed by atoms with Crippen molar-refractivity contribution in [2.75, 3.05) is 0 Å². The summed E-state index contributed by atoms with van der Waals surface area (Å²) in [4.78, 5) is 8.07. The highest BCUT2D eigenvalue weighted by Gasteiger charge is 2.04. The molecule has 0 bridgehead atoms. The maximum Gasteiger partial charge on any atom is 0.127 e. The van der Waals surface area contributed by atoms with Gasteiger partial charge in [0.2, 0.25) is 0 Å². The van der Waals surface area contributed by atoms with Gasteiger partial charge in [-0.05, 0) is 17.2 Å². The van der Waals surface area contributed by atoms with Gasteiger partial charge in [0.15, 0.2) is 0 Å². The zero-order valence-electron chi connectivity index (χ0n) is 9.14. The number of nitrogens with two attached hydrogens (primary N) is 1. The predicted octanol–water partition coefficient (Wildman–Crippen LogP) is 2.37. The summed E-state index contributed by atoms with van der Waals surface area (Å²) in [7, 11) is 0. The molecule has 1 heterocycles. The molecule has 2 rings (SSSR count). The quantitative estimate of drug-likeness (QED) is 0.845. The Labute approximate surface area is 103 Å². The van der Waals surface area contributed by atoms with Crippen molar-refractivity contribution in [3.8, 4) is 0 Å². The Kier molecular flexibility index (Phi) is 4.06. The third kappa shape index (κ3) is 3.25. The third-order valence-electron chi connectivity index (χ3n) is 2.27. The summed E-state index contributed by atoms with van der Waals surface area (Å²) in [6.45, 7) is 0.356. The van der Waals surface area contributed by atoms with Crippen molar-refractivity contribution < 1.29 is 4.39 Å². The van der Waals surface area contributed by atoms with Gasteiger partial charge in [0.25, 0.3) is 0 Å². The number of rotatable bonds is 4. The molecule has 0 unspecified atom stereocenters. The van der Waals surface area contributed by atoms with E-state index in [0.717, 1.165) is 10.6 Å². The van der Waals surface area contributed by atoms with Crippen LogP contribution in [0.5, 0.6) is 0 Å². The maximum absolute atomic E-state index is 13.6. The van der Waals surface area contributed by atoms with E-state index in [9.17, 15) is 4.39 Å². The smallest absolute Gasteiger partial charge is 0.127 e. The van der Waals surface area contributed by atoms with E-state index in [-0.39, 0.29) is 5.82 Å². The molecule has 2 aromatic rings. The molecule has 0 radical (unpaired) electrons. The molecule has 1 aromatic carbocycles. The number of benzene rings is 1. The Morgan fingerprint density at radius 1 is 1.29 bits per heavy atom. The fourth-order valence-electron chi connectivity index (χ4n) is 1.35. The Hall–Kier alpha value is -1.46. The number of halogens is 1. The van der Waals surface area contributed by atoms with Gasteiger partial charge in [-0.1, -0.05) is 23.9 Å². The molecule has 3 nitrogen and oxygen atoms in total. The lowest BCUT2D eigenvalue weighted by molar-refractivity contribution is 0.615. The van der Waals surface area contributed by atoms with Gasteiger partial charge in [0.05, 0.1) is 6.20 Å². The van der Waals surface area contributed by atoms with Gasteiger partial charge in [-0.2, -0.15) is 0 Å². The highest BCUT2D eigenvalue weighted by Crippen LogP contribution is 2.22. The lowest BCUT2D eigenvalue weighted by Gasteiger charge is -2.04. The predicted molar refractivity (Wildman–Crippen MR) is 65.9 cm³/mol. The van der Waals surface area contributed by atoms with E-state index < -0.39 is 0 Å². The summed E-state index contributed by atoms with van der Waals surface area (Å²) in [6.07, 6.45) is 4.90. The minimum atomic E-state index is -0.218. The van der Waals surface area contributed by atoms with Gasteiger partial charge < -0.3 is 5.73 Å². The summed E-state index contributed by atoms with van der Waals surface area (Å²) in [6, 6.07) is 5.09. The molecular weight excluding hydrogens is 237 g/mol. The number of hydrogen-bond acceptors (Lipinski definition) is 4. The highest BCUT2D eigenvalue weighted by atomic mass is 32.2. The number of nitrogens with zero attached hydrogens (tertiary/aromatic N) is 2. The van der Waals surface area contributed by atoms with Crippen LogP contribution in [0.4, 0.5) is 4.39 Å². The number of aromatic nitrogens is 2. The first kappa shape index (κ1) is 12.0. The maximum atomic E-state index is 13.6. The van der Waals surface area contributed by atoms with Crippen LogP contribution < -0.4 is 5.73 Å². The molecule has 0 atom stereocenters. The van der Waals surface area contributed by atoms with E-state index in [2.05, 4.69) is 9.97 Å². The van der Waals surface area contributed by atoms with Crippen LogP contribution in [-0.4, -0.2) is 9.97 Å². The third-order valence-corrected chi connectivity index (χ3v) is 3.23. The fraction of sp³-hybridized carbons (Fsp3) is 0.167. The monoisotopic (exact) mass is 249 g/mol. The van der Waals surface area contributed by atoms with Crippen LogP contribution in [-0.2, 0) is 12.3 Å². The fourth-order valence-corrected chi connectivity index (χ4v) is 2.15. The highest BCUT2D eigenvalue weighted by molar-refractivity contribution is 7.98. The van der Waals surface area contributed by atoms with E-state index in [1.165, 1.54) is 17.8 Å². The van der Waals surface area contributed by atoms with E-state index in [1.807, 2.05) is 6.07 Å². The van der Waals surface area contributed by atoms with Crippen LogP contribution in [0.2, 0.25) is 0 Å². The van der Waals surface area contributed by atoms with Gasteiger partial charge in [-0.3, -0.25) is 4.98 Å². The summed E-state index contributed by atoms with van der Waals surface area (Å²) in [5.74, 6) is 0.319. The molecule has 0 aliphatic carbocycles. The van der Waals surface area contributed by atoms with Crippen LogP contribution in [0, 0.1) is 5.82 Å². The van der Waals surface area contributed by atoms with Crippen LogP contribution in [0.15, 0.2) is 41.8 Å². The Morgan fingerprint density at radius 3 is 2.82 bits per heavy atom. The van der Waals surface area contributed by atoms with Gasteiger partial charge in [-0.15, -0.1) is 0 Å². The van der Waals surface area contributed by atoms with Crippen molar-refractivity contribution in [2.24, 2.45) is 5.73 Å². The second-order valence-electron chi connectivity index (χ2n) is 3.46. The standard InChI is InChI=1S/C12H12FN3S/c13-11-5-9(6-14)1-2-10(11)8-17-12-7-15-3-4-16-12/h1-5,7H,6,8,14H2. The van der Waals surface area contributed by atoms with Crippen molar-refractivity contribution in [3.63, 3.8) is 0 Å². The molecule has 2 N–H and O–H groups in total. The average molecular weight is 249 g/mol. The molecule has 0 aliphatic heterocycles. The lowest BCUT2D eigenvalue weighted by atomic mass is 10.1. The van der Waals surface area contributed by atoms with Crippen molar-refractivity contribution in [2.45, 2.75) is 17.3 Å². The summed E-state index contributed by atoms with van der Waals surface area (Å²) in [5, 5.41) is 0.787. The zero-order chi connectivity index (χ0) is 12.1. The Morgan fingerprint density at radius 2 is 2.18 bits per heavy atom. The zero-order valence-corrected chi connectivity index (χ0v) is 9.95. The van der Waals surface area contributed by atoms with Crippen molar-refractivity contribution in [1.29, 1.82) is 0 Å². The number of hydrogen-bond donors (Lipinski definition) is 1. The molecule has 0 amide bonds. The molecule has 5 heteroatoms. The van der Waals surface area contributed by atoms with E-state index in [4.69, 9.17) is 5.73 Å². The Balaban J connectivity index is 2.04. The van der Waals surface area contributed by atoms with E-state index >= 15 is 0 Å². The van der Waals surface area contributed by atoms with E-state index in [0.29, 0.717) is 17.9 Å². The Bertz CT molecular complexity index is 490. The van der Waals surface area contributed by atoms with Gasteiger partial charge in [-0.25, -0.2) is 9.37 Å². The van der Waals surface area contributed by atoms with Crippen molar-refractivity contribution in [3.05, 3.63) is 53.7 Å². The van der Waals surface area contributed by atoms with Gasteiger partial charge >= 0.3 is 0 Å². The summed E-state index contributed by atoms with van der Waals surface area (Å²) < 4.78 is 13.6. The summed E-state index contributed by atoms with van der Waals surface area (Å²) in [5.41, 5.74) is 6.90. The van der Waals surface area contributed by atoms with E-state index in [1.54, 1.807) is 24.7 Å². The normalized spacial score (nSPS) is 10.5. The lowest BCUT2D eigenvalue weighted by Crippen LogP contribution is -1.98. The van der Waals surface area contributed by atoms with Crippen molar-refractivity contribution in [1.82, 2.24) is 9.97 Å². The largest absolute Gasteiger partial charge is 0.326 e. The molecule has 0 fully saturated rings. The molecule has 88 valence electrons. The van der Waals surface area contributed by atoms with Crippen LogP contribution in [0.1, 0.15) is 11.1 Å². The topological polar surface area (TPSA) is 51.8 Å². The first-order valence-corrected chi connectivity index (χ1v) is 6.14. The van der Waals surface area contributed by atoms with Crippen LogP contribution in [0.25, 0.3) is 0 Å². The molecule has 0 aliphatic rings.